The topological polar surface area (TPSA) is 108 Å². The Morgan fingerprint density at radius 1 is 1.17 bits per heavy atom. The maximum Gasteiger partial charge on any atom is 0.246 e. The van der Waals surface area contributed by atoms with Crippen LogP contribution in [0.15, 0.2) is 30.3 Å². The van der Waals surface area contributed by atoms with Gasteiger partial charge in [0.1, 0.15) is 11.6 Å². The van der Waals surface area contributed by atoms with Gasteiger partial charge in [0, 0.05) is 12.1 Å². The molecule has 2 unspecified atom stereocenters. The number of fused-ring (bicyclic) bond motifs is 1. The van der Waals surface area contributed by atoms with Crippen LogP contribution in [0.2, 0.25) is 0 Å². The molecule has 6 atom stereocenters. The second-order valence-electron chi connectivity index (χ2n) is 12.6. The third-order valence-corrected chi connectivity index (χ3v) is 7.77. The Morgan fingerprint density at radius 3 is 2.44 bits per heavy atom. The van der Waals surface area contributed by atoms with Gasteiger partial charge in [0.25, 0.3) is 0 Å². The Kier molecular flexibility index (Phi) is 6.99. The van der Waals surface area contributed by atoms with Crippen LogP contribution >= 0.6 is 0 Å². The lowest BCUT2D eigenvalue weighted by Crippen LogP contribution is -2.61. The van der Waals surface area contributed by atoms with Gasteiger partial charge < -0.3 is 25.4 Å². The first kappa shape index (κ1) is 26.6. The zero-order valence-corrected chi connectivity index (χ0v) is 22.3. The van der Waals surface area contributed by atoms with Gasteiger partial charge in [-0.25, -0.2) is 0 Å². The molecule has 0 saturated carbocycles. The highest BCUT2D eigenvalue weighted by atomic mass is 16.5. The highest BCUT2D eigenvalue weighted by molar-refractivity contribution is 5.99. The SMILES string of the molecule is C[C@H](CO)N1C(=O)[C@@H]2[C@H](C(=O)NCc3ccccc3)[C@@H]3CCC2(O3)C1C(=O)NC(C)(C)CC(C)(C)C. The van der Waals surface area contributed by atoms with Crippen LogP contribution in [0.5, 0.6) is 0 Å². The quantitative estimate of drug-likeness (QED) is 0.509. The van der Waals surface area contributed by atoms with Crippen molar-refractivity contribution in [3.63, 3.8) is 0 Å². The van der Waals surface area contributed by atoms with Gasteiger partial charge in [-0.15, -0.1) is 0 Å². The molecule has 3 heterocycles. The minimum absolute atomic E-state index is 0.00851. The Balaban J connectivity index is 1.61. The minimum atomic E-state index is -1.07. The molecule has 3 aliphatic rings. The summed E-state index contributed by atoms with van der Waals surface area (Å²) in [6.45, 7) is 12.1. The molecule has 8 heteroatoms. The largest absolute Gasteiger partial charge is 0.394 e. The summed E-state index contributed by atoms with van der Waals surface area (Å²) in [4.78, 5) is 42.6. The van der Waals surface area contributed by atoms with Crippen molar-refractivity contribution in [2.75, 3.05) is 6.61 Å². The van der Waals surface area contributed by atoms with Crippen molar-refractivity contribution < 1.29 is 24.2 Å². The van der Waals surface area contributed by atoms with Gasteiger partial charge in [-0.05, 0) is 51.0 Å². The van der Waals surface area contributed by atoms with Crippen LogP contribution in [-0.2, 0) is 25.7 Å². The van der Waals surface area contributed by atoms with Gasteiger partial charge in [0.05, 0.1) is 30.6 Å². The number of carbonyl (C=O) groups excluding carboxylic acids is 3. The molecule has 2 bridgehead atoms. The van der Waals surface area contributed by atoms with E-state index in [1.807, 2.05) is 44.2 Å². The van der Waals surface area contributed by atoms with Crippen molar-refractivity contribution >= 4 is 17.7 Å². The zero-order chi connectivity index (χ0) is 26.5. The Labute approximate surface area is 214 Å². The smallest absolute Gasteiger partial charge is 0.246 e. The Bertz CT molecular complexity index is 1000. The highest BCUT2D eigenvalue weighted by Crippen LogP contribution is 2.58. The molecule has 8 nitrogen and oxygen atoms in total. The summed E-state index contributed by atoms with van der Waals surface area (Å²) in [6.07, 6.45) is 1.48. The Hall–Kier alpha value is -2.45. The molecule has 0 aliphatic carbocycles. The molecule has 1 aromatic carbocycles. The van der Waals surface area contributed by atoms with E-state index in [1.54, 1.807) is 6.92 Å². The van der Waals surface area contributed by atoms with Crippen molar-refractivity contribution in [3.8, 4) is 0 Å². The fourth-order valence-corrected chi connectivity index (χ4v) is 6.93. The number of nitrogens with zero attached hydrogens (tertiary/aromatic N) is 1. The molecule has 3 amide bonds. The number of aliphatic hydroxyl groups excluding tert-OH is 1. The number of likely N-dealkylation sites (tertiary alicyclic amines) is 1. The summed E-state index contributed by atoms with van der Waals surface area (Å²) in [5.74, 6) is -2.21. The van der Waals surface area contributed by atoms with E-state index in [2.05, 4.69) is 31.4 Å². The molecule has 3 aliphatic heterocycles. The third kappa shape index (κ3) is 4.77. The molecule has 1 aromatic rings. The maximum atomic E-state index is 13.9. The van der Waals surface area contributed by atoms with Gasteiger partial charge in [-0.1, -0.05) is 51.1 Å². The van der Waals surface area contributed by atoms with Gasteiger partial charge >= 0.3 is 0 Å². The number of hydrogen-bond acceptors (Lipinski definition) is 5. The van der Waals surface area contributed by atoms with Gasteiger partial charge in [0.15, 0.2) is 0 Å². The predicted molar refractivity (Wildman–Crippen MR) is 136 cm³/mol. The van der Waals surface area contributed by atoms with E-state index in [1.165, 1.54) is 4.90 Å². The summed E-state index contributed by atoms with van der Waals surface area (Å²) >= 11 is 0. The summed E-state index contributed by atoms with van der Waals surface area (Å²) in [5.41, 5.74) is -0.617. The van der Waals surface area contributed by atoms with Crippen molar-refractivity contribution in [2.45, 2.75) is 96.7 Å². The number of benzene rings is 1. The van der Waals surface area contributed by atoms with E-state index in [9.17, 15) is 19.5 Å². The summed E-state index contributed by atoms with van der Waals surface area (Å²) < 4.78 is 6.45. The molecule has 4 rings (SSSR count). The number of carbonyl (C=O) groups is 3. The molecular formula is C28H41N3O5. The van der Waals surface area contributed by atoms with E-state index in [4.69, 9.17) is 4.74 Å². The van der Waals surface area contributed by atoms with Gasteiger partial charge in [0.2, 0.25) is 17.7 Å². The van der Waals surface area contributed by atoms with E-state index in [0.29, 0.717) is 19.4 Å². The minimum Gasteiger partial charge on any atom is -0.394 e. The summed E-state index contributed by atoms with van der Waals surface area (Å²) in [6, 6.07) is 8.14. The first-order valence-corrected chi connectivity index (χ1v) is 13.0. The van der Waals surface area contributed by atoms with Gasteiger partial charge in [-0.2, -0.15) is 0 Å². The fourth-order valence-electron chi connectivity index (χ4n) is 6.93. The summed E-state index contributed by atoms with van der Waals surface area (Å²) in [7, 11) is 0. The van der Waals surface area contributed by atoms with Crippen LogP contribution in [-0.4, -0.2) is 63.7 Å². The van der Waals surface area contributed by atoms with Crippen LogP contribution in [0, 0.1) is 17.3 Å². The second-order valence-corrected chi connectivity index (χ2v) is 12.6. The lowest BCUT2D eigenvalue weighted by atomic mass is 9.70. The average molecular weight is 500 g/mol. The second kappa shape index (κ2) is 9.45. The molecule has 0 radical (unpaired) electrons. The molecule has 3 N–H and O–H groups in total. The average Bonchev–Trinajstić information content (AvgIpc) is 3.43. The normalized spacial score (nSPS) is 30.3. The zero-order valence-electron chi connectivity index (χ0n) is 22.3. The van der Waals surface area contributed by atoms with Crippen molar-refractivity contribution in [1.29, 1.82) is 0 Å². The summed E-state index contributed by atoms with van der Waals surface area (Å²) in [5, 5.41) is 16.1. The molecular weight excluding hydrogens is 458 g/mol. The molecule has 3 fully saturated rings. The monoisotopic (exact) mass is 499 g/mol. The Morgan fingerprint density at radius 2 is 1.83 bits per heavy atom. The van der Waals surface area contributed by atoms with Crippen molar-refractivity contribution in [2.24, 2.45) is 17.3 Å². The molecule has 36 heavy (non-hydrogen) atoms. The molecule has 0 aromatic heterocycles. The highest BCUT2D eigenvalue weighted by Gasteiger charge is 2.75. The molecule has 1 spiro atoms. The van der Waals surface area contributed by atoms with Crippen LogP contribution in [0.1, 0.15) is 66.4 Å². The number of amides is 3. The van der Waals surface area contributed by atoms with Crippen LogP contribution in [0.4, 0.5) is 0 Å². The maximum absolute atomic E-state index is 13.9. The van der Waals surface area contributed by atoms with E-state index < -0.39 is 41.2 Å². The third-order valence-electron chi connectivity index (χ3n) is 7.77. The van der Waals surface area contributed by atoms with E-state index in [-0.39, 0.29) is 29.7 Å². The molecule has 3 saturated heterocycles. The first-order valence-electron chi connectivity index (χ1n) is 13.0. The lowest BCUT2D eigenvalue weighted by molar-refractivity contribution is -0.146. The number of ether oxygens (including phenoxy) is 1. The van der Waals surface area contributed by atoms with E-state index in [0.717, 1.165) is 12.0 Å². The van der Waals surface area contributed by atoms with Gasteiger partial charge in [-0.3, -0.25) is 14.4 Å². The molecule has 198 valence electrons. The first-order chi connectivity index (χ1) is 16.8. The fraction of sp³-hybridized carbons (Fsp3) is 0.679. The van der Waals surface area contributed by atoms with Crippen LogP contribution in [0.25, 0.3) is 0 Å². The lowest BCUT2D eigenvalue weighted by Gasteiger charge is -2.39. The van der Waals surface area contributed by atoms with E-state index >= 15 is 0 Å². The van der Waals surface area contributed by atoms with Crippen molar-refractivity contribution in [3.05, 3.63) is 35.9 Å². The van der Waals surface area contributed by atoms with Crippen LogP contribution < -0.4 is 10.6 Å². The van der Waals surface area contributed by atoms with Crippen molar-refractivity contribution in [1.82, 2.24) is 15.5 Å². The standard InChI is InChI=1S/C28H41N3O5/c1-17(15-32)31-22(24(34)30-27(5,6)16-26(2,3)4)28-13-12-19(36-28)20(21(28)25(31)35)23(33)29-14-18-10-8-7-9-11-18/h7-11,17,19-22,32H,12-16H2,1-6H3,(H,29,33)(H,30,34)/t17-,19+,20-,21+,22?,28?/m1/s1. The number of rotatable bonds is 8. The predicted octanol–water partition coefficient (Wildman–Crippen LogP) is 2.39. The van der Waals surface area contributed by atoms with Crippen LogP contribution in [0.3, 0.4) is 0 Å². The number of hydrogen-bond donors (Lipinski definition) is 3. The number of nitrogens with one attached hydrogen (secondary N) is 2. The number of aliphatic hydroxyl groups is 1.